The predicted octanol–water partition coefficient (Wildman–Crippen LogP) is 2.46. The van der Waals surface area contributed by atoms with Gasteiger partial charge in [-0.3, -0.25) is 9.89 Å². The van der Waals surface area contributed by atoms with Gasteiger partial charge in [-0.1, -0.05) is 0 Å². The maximum absolute atomic E-state index is 12.1. The van der Waals surface area contributed by atoms with Crippen molar-refractivity contribution in [2.45, 2.75) is 45.0 Å². The van der Waals surface area contributed by atoms with E-state index in [4.69, 9.17) is 4.74 Å². The molecule has 1 rings (SSSR count). The zero-order valence-corrected chi connectivity index (χ0v) is 21.1. The van der Waals surface area contributed by atoms with Crippen molar-refractivity contribution in [1.29, 1.82) is 0 Å². The third-order valence-corrected chi connectivity index (χ3v) is 5.45. The summed E-state index contributed by atoms with van der Waals surface area (Å²) in [5.74, 6) is 0.833. The molecule has 1 saturated heterocycles. The minimum absolute atomic E-state index is 0. The first-order valence-electron chi connectivity index (χ1n) is 9.26. The minimum Gasteiger partial charge on any atom is -0.444 e. The van der Waals surface area contributed by atoms with Crippen LogP contribution in [0.15, 0.2) is 4.99 Å². The number of carbonyl (C=O) groups excluding carboxylic acids is 1. The first-order valence-corrected chi connectivity index (χ1v) is 10.5. The largest absolute Gasteiger partial charge is 0.444 e. The van der Waals surface area contributed by atoms with Gasteiger partial charge >= 0.3 is 6.09 Å². The van der Waals surface area contributed by atoms with E-state index in [0.717, 1.165) is 38.7 Å². The van der Waals surface area contributed by atoms with Gasteiger partial charge in [0.15, 0.2) is 5.96 Å². The van der Waals surface area contributed by atoms with E-state index in [1.54, 1.807) is 11.9 Å². The Morgan fingerprint density at radius 1 is 1.11 bits per heavy atom. The molecule has 1 aliphatic rings. The van der Waals surface area contributed by atoms with Gasteiger partial charge in [0.05, 0.1) is 0 Å². The number of hydrogen-bond acceptors (Lipinski definition) is 5. The van der Waals surface area contributed by atoms with Crippen molar-refractivity contribution in [3.63, 3.8) is 0 Å². The van der Waals surface area contributed by atoms with Crippen LogP contribution >= 0.6 is 35.7 Å². The van der Waals surface area contributed by atoms with Gasteiger partial charge in [-0.2, -0.15) is 11.8 Å². The molecule has 0 aromatic heterocycles. The Hall–Kier alpha value is -0.420. The zero-order valence-electron chi connectivity index (χ0n) is 17.9. The Balaban J connectivity index is 0.00000676. The number of halogens is 1. The molecule has 0 spiro atoms. The molecule has 27 heavy (non-hydrogen) atoms. The van der Waals surface area contributed by atoms with Crippen LogP contribution in [-0.4, -0.2) is 91.3 Å². The Labute approximate surface area is 186 Å². The molecule has 0 aliphatic carbocycles. The molecule has 1 amide bonds. The summed E-state index contributed by atoms with van der Waals surface area (Å²) in [7, 11) is 1.79. The number of hydrogen-bond donors (Lipinski definition) is 2. The molecule has 1 fully saturated rings. The first-order chi connectivity index (χ1) is 12.1. The number of thioether (sulfide) groups is 1. The summed E-state index contributed by atoms with van der Waals surface area (Å²) in [6.45, 7) is 15.9. The van der Waals surface area contributed by atoms with Crippen molar-refractivity contribution in [2.24, 2.45) is 4.99 Å². The Bertz CT molecular complexity index is 475. The maximum atomic E-state index is 12.1. The molecule has 1 heterocycles. The van der Waals surface area contributed by atoms with Crippen LogP contribution in [-0.2, 0) is 4.74 Å². The van der Waals surface area contributed by atoms with E-state index in [1.165, 1.54) is 0 Å². The number of rotatable bonds is 6. The summed E-state index contributed by atoms with van der Waals surface area (Å²) in [6, 6.07) is 0. The summed E-state index contributed by atoms with van der Waals surface area (Å²) in [5, 5.41) is 6.73. The summed E-state index contributed by atoms with van der Waals surface area (Å²) in [5.41, 5.74) is -0.439. The number of amides is 1. The van der Waals surface area contributed by atoms with Crippen LogP contribution in [0.1, 0.15) is 34.6 Å². The number of aliphatic imine (C=N–C) groups is 1. The molecule has 0 saturated carbocycles. The maximum Gasteiger partial charge on any atom is 0.410 e. The number of piperazine rings is 1. The fourth-order valence-electron chi connectivity index (χ4n) is 2.40. The highest BCUT2D eigenvalue weighted by atomic mass is 127. The summed E-state index contributed by atoms with van der Waals surface area (Å²) < 4.78 is 5.61. The average molecular weight is 516 g/mol. The molecular weight excluding hydrogens is 477 g/mol. The van der Waals surface area contributed by atoms with Crippen molar-refractivity contribution in [3.8, 4) is 0 Å². The lowest BCUT2D eigenvalue weighted by Crippen LogP contribution is -2.52. The van der Waals surface area contributed by atoms with Gasteiger partial charge in [0.1, 0.15) is 5.60 Å². The van der Waals surface area contributed by atoms with Crippen LogP contribution in [0.5, 0.6) is 0 Å². The van der Waals surface area contributed by atoms with E-state index in [-0.39, 0.29) is 34.8 Å². The Morgan fingerprint density at radius 3 is 2.19 bits per heavy atom. The van der Waals surface area contributed by atoms with E-state index in [9.17, 15) is 4.79 Å². The van der Waals surface area contributed by atoms with Gasteiger partial charge in [-0.15, -0.1) is 24.0 Å². The summed E-state index contributed by atoms with van der Waals surface area (Å²) in [6.07, 6.45) is 1.91. The fourth-order valence-corrected chi connectivity index (χ4v) is 2.62. The molecular formula is C18H38IN5O2S. The molecule has 9 heteroatoms. The normalized spacial score (nSPS) is 16.6. The molecule has 0 unspecified atom stereocenters. The van der Waals surface area contributed by atoms with Crippen molar-refractivity contribution in [3.05, 3.63) is 0 Å². The monoisotopic (exact) mass is 515 g/mol. The molecule has 0 bridgehead atoms. The van der Waals surface area contributed by atoms with Crippen LogP contribution < -0.4 is 10.6 Å². The lowest BCUT2D eigenvalue weighted by molar-refractivity contribution is 0.0147. The van der Waals surface area contributed by atoms with Gasteiger partial charge in [0.25, 0.3) is 0 Å². The van der Waals surface area contributed by atoms with Crippen molar-refractivity contribution in [1.82, 2.24) is 20.4 Å². The standard InChI is InChI=1S/C18H37N5O2S.HI/c1-17(2,3)25-16(24)23-12-10-22(11-13-23)9-8-20-15(19-6)21-14-18(4,5)26-7;/h8-14H2,1-7H3,(H2,19,20,21);1H. The van der Waals surface area contributed by atoms with Crippen LogP contribution in [0.25, 0.3) is 0 Å². The predicted molar refractivity (Wildman–Crippen MR) is 127 cm³/mol. The number of carbonyl (C=O) groups is 1. The smallest absolute Gasteiger partial charge is 0.410 e. The highest BCUT2D eigenvalue weighted by Gasteiger charge is 2.25. The van der Waals surface area contributed by atoms with Crippen LogP contribution in [0, 0.1) is 0 Å². The van der Waals surface area contributed by atoms with E-state index in [1.807, 2.05) is 32.5 Å². The third kappa shape index (κ3) is 11.2. The number of nitrogens with zero attached hydrogens (tertiary/aromatic N) is 3. The van der Waals surface area contributed by atoms with Crippen molar-refractivity contribution >= 4 is 47.8 Å². The quantitative estimate of drug-likeness (QED) is 0.322. The van der Waals surface area contributed by atoms with Gasteiger partial charge in [-0.25, -0.2) is 4.79 Å². The lowest BCUT2D eigenvalue weighted by Gasteiger charge is -2.35. The van der Waals surface area contributed by atoms with Gasteiger partial charge in [-0.05, 0) is 40.9 Å². The number of ether oxygens (including phenoxy) is 1. The van der Waals surface area contributed by atoms with Crippen LogP contribution in [0.4, 0.5) is 4.79 Å². The Morgan fingerprint density at radius 2 is 1.70 bits per heavy atom. The summed E-state index contributed by atoms with van der Waals surface area (Å²) >= 11 is 1.84. The molecule has 0 radical (unpaired) electrons. The van der Waals surface area contributed by atoms with Crippen molar-refractivity contribution in [2.75, 3.05) is 59.1 Å². The minimum atomic E-state index is -0.439. The molecule has 0 aromatic rings. The van der Waals surface area contributed by atoms with E-state index in [2.05, 4.69) is 40.6 Å². The fraction of sp³-hybridized carbons (Fsp3) is 0.889. The highest BCUT2D eigenvalue weighted by Crippen LogP contribution is 2.19. The Kier molecular flexibility index (Phi) is 12.0. The highest BCUT2D eigenvalue weighted by molar-refractivity contribution is 14.0. The van der Waals surface area contributed by atoms with Crippen LogP contribution in [0.3, 0.4) is 0 Å². The van der Waals surface area contributed by atoms with Gasteiger partial charge in [0.2, 0.25) is 0 Å². The second kappa shape index (κ2) is 12.2. The molecule has 1 aliphatic heterocycles. The van der Waals surface area contributed by atoms with Crippen molar-refractivity contribution < 1.29 is 9.53 Å². The van der Waals surface area contributed by atoms with E-state index in [0.29, 0.717) is 13.1 Å². The second-order valence-corrected chi connectivity index (χ2v) is 9.64. The molecule has 2 N–H and O–H groups in total. The average Bonchev–Trinajstić information content (AvgIpc) is 2.57. The lowest BCUT2D eigenvalue weighted by atomic mass is 10.2. The number of guanidine groups is 1. The zero-order chi connectivity index (χ0) is 19.8. The van der Waals surface area contributed by atoms with Gasteiger partial charge < -0.3 is 20.3 Å². The van der Waals surface area contributed by atoms with Crippen LogP contribution in [0.2, 0.25) is 0 Å². The molecule has 7 nitrogen and oxygen atoms in total. The molecule has 0 atom stereocenters. The summed E-state index contributed by atoms with van der Waals surface area (Å²) in [4.78, 5) is 20.5. The van der Waals surface area contributed by atoms with Gasteiger partial charge in [0, 0.05) is 57.6 Å². The molecule has 160 valence electrons. The first kappa shape index (κ1) is 26.6. The topological polar surface area (TPSA) is 69.2 Å². The van der Waals surface area contributed by atoms with E-state index >= 15 is 0 Å². The third-order valence-electron chi connectivity index (χ3n) is 4.20. The SMILES string of the molecule is CN=C(NCCN1CCN(C(=O)OC(C)(C)C)CC1)NCC(C)(C)SC.I. The molecule has 0 aromatic carbocycles. The van der Waals surface area contributed by atoms with E-state index < -0.39 is 5.60 Å². The second-order valence-electron chi connectivity index (χ2n) is 8.13. The number of nitrogens with one attached hydrogen (secondary N) is 2.